The molecule has 0 unspecified atom stereocenters. The van der Waals surface area contributed by atoms with Crippen molar-refractivity contribution in [3.05, 3.63) is 65.7 Å². The van der Waals surface area contributed by atoms with Gasteiger partial charge in [-0.1, -0.05) is 48.5 Å². The van der Waals surface area contributed by atoms with E-state index in [0.29, 0.717) is 6.61 Å². The van der Waals surface area contributed by atoms with Crippen LogP contribution in [0.25, 0.3) is 0 Å². The molecular formula is C19H23NO. The van der Waals surface area contributed by atoms with Gasteiger partial charge in [0.05, 0.1) is 0 Å². The van der Waals surface area contributed by atoms with E-state index >= 15 is 0 Å². The van der Waals surface area contributed by atoms with Crippen LogP contribution in [0.3, 0.4) is 0 Å². The lowest BCUT2D eigenvalue weighted by atomic mass is 9.91. The highest BCUT2D eigenvalue weighted by molar-refractivity contribution is 5.34. The van der Waals surface area contributed by atoms with Crippen LogP contribution in [-0.4, -0.2) is 13.1 Å². The zero-order valence-corrected chi connectivity index (χ0v) is 12.4. The molecule has 110 valence electrons. The topological polar surface area (TPSA) is 21.3 Å². The third kappa shape index (κ3) is 4.08. The molecular weight excluding hydrogens is 258 g/mol. The quantitative estimate of drug-likeness (QED) is 0.900. The van der Waals surface area contributed by atoms with E-state index in [4.69, 9.17) is 4.74 Å². The number of piperidine rings is 1. The Morgan fingerprint density at radius 1 is 0.905 bits per heavy atom. The second kappa shape index (κ2) is 7.28. The number of hydrogen-bond acceptors (Lipinski definition) is 2. The molecule has 1 aliphatic rings. The van der Waals surface area contributed by atoms with Crippen molar-refractivity contribution in [2.24, 2.45) is 5.92 Å². The fourth-order valence-electron chi connectivity index (χ4n) is 2.95. The molecule has 2 aromatic carbocycles. The maximum atomic E-state index is 6.05. The van der Waals surface area contributed by atoms with Gasteiger partial charge in [-0.25, -0.2) is 0 Å². The van der Waals surface area contributed by atoms with Crippen LogP contribution in [0.15, 0.2) is 54.6 Å². The zero-order chi connectivity index (χ0) is 14.3. The van der Waals surface area contributed by atoms with Gasteiger partial charge >= 0.3 is 0 Å². The molecule has 1 saturated heterocycles. The fourth-order valence-corrected chi connectivity index (χ4v) is 2.95. The summed E-state index contributed by atoms with van der Waals surface area (Å²) in [6.45, 7) is 2.94. The minimum Gasteiger partial charge on any atom is -0.489 e. The number of hydrogen-bond donors (Lipinski definition) is 1. The van der Waals surface area contributed by atoms with Crippen LogP contribution in [0, 0.1) is 5.92 Å². The maximum absolute atomic E-state index is 6.05. The molecule has 0 amide bonds. The normalized spacial score (nSPS) is 15.8. The van der Waals surface area contributed by atoms with Gasteiger partial charge in [0.15, 0.2) is 0 Å². The molecule has 21 heavy (non-hydrogen) atoms. The molecule has 0 spiro atoms. The van der Waals surface area contributed by atoms with Crippen LogP contribution in [0.4, 0.5) is 0 Å². The summed E-state index contributed by atoms with van der Waals surface area (Å²) in [6, 6.07) is 18.8. The summed E-state index contributed by atoms with van der Waals surface area (Å²) >= 11 is 0. The van der Waals surface area contributed by atoms with Gasteiger partial charge < -0.3 is 10.1 Å². The summed E-state index contributed by atoms with van der Waals surface area (Å²) in [5.41, 5.74) is 2.56. The van der Waals surface area contributed by atoms with E-state index in [2.05, 4.69) is 53.8 Å². The first-order valence-electron chi connectivity index (χ1n) is 7.87. The molecule has 1 aliphatic heterocycles. The Bertz CT molecular complexity index is 547. The molecule has 2 heteroatoms. The van der Waals surface area contributed by atoms with Gasteiger partial charge in [0.1, 0.15) is 12.4 Å². The van der Waals surface area contributed by atoms with Gasteiger partial charge in [0.25, 0.3) is 0 Å². The lowest BCUT2D eigenvalue weighted by Gasteiger charge is -2.23. The molecule has 0 bridgehead atoms. The van der Waals surface area contributed by atoms with Crippen LogP contribution in [0.5, 0.6) is 5.75 Å². The van der Waals surface area contributed by atoms with E-state index in [1.807, 2.05) is 6.07 Å². The molecule has 0 radical (unpaired) electrons. The van der Waals surface area contributed by atoms with Gasteiger partial charge in [-0.2, -0.15) is 0 Å². The van der Waals surface area contributed by atoms with Crippen LogP contribution >= 0.6 is 0 Å². The van der Waals surface area contributed by atoms with Crippen molar-refractivity contribution >= 4 is 0 Å². The SMILES string of the molecule is c1ccc(COc2ccccc2CC2CCNCC2)cc1. The summed E-state index contributed by atoms with van der Waals surface area (Å²) in [4.78, 5) is 0. The van der Waals surface area contributed by atoms with E-state index in [1.54, 1.807) is 0 Å². The lowest BCUT2D eigenvalue weighted by Crippen LogP contribution is -2.28. The Balaban J connectivity index is 1.64. The molecule has 0 aliphatic carbocycles. The van der Waals surface area contributed by atoms with Crippen molar-refractivity contribution in [3.8, 4) is 5.75 Å². The number of nitrogens with one attached hydrogen (secondary N) is 1. The fraction of sp³-hybridized carbons (Fsp3) is 0.368. The smallest absolute Gasteiger partial charge is 0.123 e. The Morgan fingerprint density at radius 3 is 2.43 bits per heavy atom. The van der Waals surface area contributed by atoms with Gasteiger partial charge in [-0.15, -0.1) is 0 Å². The summed E-state index contributed by atoms with van der Waals surface area (Å²) in [5.74, 6) is 1.83. The molecule has 3 rings (SSSR count). The minimum atomic E-state index is 0.643. The number of para-hydroxylation sites is 1. The molecule has 0 aromatic heterocycles. The minimum absolute atomic E-state index is 0.643. The third-order valence-electron chi connectivity index (χ3n) is 4.18. The first-order chi connectivity index (χ1) is 10.4. The van der Waals surface area contributed by atoms with E-state index in [0.717, 1.165) is 31.2 Å². The van der Waals surface area contributed by atoms with Crippen molar-refractivity contribution in [2.45, 2.75) is 25.9 Å². The number of rotatable bonds is 5. The Labute approximate surface area is 127 Å². The standard InChI is InChI=1S/C19H23NO/c1-2-6-17(7-3-1)15-21-19-9-5-4-8-18(19)14-16-10-12-20-13-11-16/h1-9,16,20H,10-15H2. The number of ether oxygens (including phenoxy) is 1. The van der Waals surface area contributed by atoms with E-state index in [9.17, 15) is 0 Å². The molecule has 1 heterocycles. The van der Waals surface area contributed by atoms with Gasteiger partial charge in [0, 0.05) is 0 Å². The first-order valence-corrected chi connectivity index (χ1v) is 7.87. The predicted molar refractivity (Wildman–Crippen MR) is 86.5 cm³/mol. The molecule has 2 aromatic rings. The zero-order valence-electron chi connectivity index (χ0n) is 12.4. The Hall–Kier alpha value is -1.80. The van der Waals surface area contributed by atoms with Crippen molar-refractivity contribution in [2.75, 3.05) is 13.1 Å². The van der Waals surface area contributed by atoms with Crippen molar-refractivity contribution < 1.29 is 4.74 Å². The largest absolute Gasteiger partial charge is 0.489 e. The highest BCUT2D eigenvalue weighted by Gasteiger charge is 2.15. The Kier molecular flexibility index (Phi) is 4.90. The molecule has 0 saturated carbocycles. The molecule has 0 atom stereocenters. The van der Waals surface area contributed by atoms with E-state index in [1.165, 1.54) is 24.0 Å². The Morgan fingerprint density at radius 2 is 1.62 bits per heavy atom. The second-order valence-corrected chi connectivity index (χ2v) is 5.78. The number of benzene rings is 2. The van der Waals surface area contributed by atoms with Gasteiger partial charge in [0.2, 0.25) is 0 Å². The lowest BCUT2D eigenvalue weighted by molar-refractivity contribution is 0.297. The first kappa shape index (κ1) is 14.2. The van der Waals surface area contributed by atoms with Crippen LogP contribution in [-0.2, 0) is 13.0 Å². The summed E-state index contributed by atoms with van der Waals surface area (Å²) in [7, 11) is 0. The van der Waals surface area contributed by atoms with Crippen molar-refractivity contribution in [3.63, 3.8) is 0 Å². The summed E-state index contributed by atoms with van der Waals surface area (Å²) < 4.78 is 6.05. The average Bonchev–Trinajstić information content (AvgIpc) is 2.56. The van der Waals surface area contributed by atoms with Gasteiger partial charge in [-0.05, 0) is 55.5 Å². The van der Waals surface area contributed by atoms with Crippen LogP contribution in [0.1, 0.15) is 24.0 Å². The monoisotopic (exact) mass is 281 g/mol. The van der Waals surface area contributed by atoms with E-state index < -0.39 is 0 Å². The summed E-state index contributed by atoms with van der Waals surface area (Å²) in [6.07, 6.45) is 3.67. The van der Waals surface area contributed by atoms with Crippen molar-refractivity contribution in [1.82, 2.24) is 5.32 Å². The predicted octanol–water partition coefficient (Wildman–Crippen LogP) is 3.81. The van der Waals surface area contributed by atoms with Crippen LogP contribution < -0.4 is 10.1 Å². The summed E-state index contributed by atoms with van der Waals surface area (Å²) in [5, 5.41) is 3.43. The average molecular weight is 281 g/mol. The third-order valence-corrected chi connectivity index (χ3v) is 4.18. The second-order valence-electron chi connectivity index (χ2n) is 5.78. The maximum Gasteiger partial charge on any atom is 0.123 e. The highest BCUT2D eigenvalue weighted by Crippen LogP contribution is 2.25. The molecule has 1 fully saturated rings. The van der Waals surface area contributed by atoms with Crippen LogP contribution in [0.2, 0.25) is 0 Å². The van der Waals surface area contributed by atoms with E-state index in [-0.39, 0.29) is 0 Å². The van der Waals surface area contributed by atoms with Gasteiger partial charge in [-0.3, -0.25) is 0 Å². The molecule has 2 nitrogen and oxygen atoms in total. The van der Waals surface area contributed by atoms with Crippen molar-refractivity contribution in [1.29, 1.82) is 0 Å². The molecule has 1 N–H and O–H groups in total. The highest BCUT2D eigenvalue weighted by atomic mass is 16.5.